The topological polar surface area (TPSA) is 44.8 Å². The third-order valence-corrected chi connectivity index (χ3v) is 5.23. The van der Waals surface area contributed by atoms with E-state index in [0.717, 1.165) is 51.4 Å². The molecular formula is C19H29N3O2. The van der Waals surface area contributed by atoms with Gasteiger partial charge in [0.1, 0.15) is 5.75 Å². The molecule has 2 aliphatic rings. The molecule has 0 radical (unpaired) electrons. The lowest BCUT2D eigenvalue weighted by Gasteiger charge is -2.29. The summed E-state index contributed by atoms with van der Waals surface area (Å²) < 4.78 is 5.48. The van der Waals surface area contributed by atoms with Gasteiger partial charge in [0, 0.05) is 45.2 Å². The quantitative estimate of drug-likeness (QED) is 0.858. The van der Waals surface area contributed by atoms with Crippen LogP contribution in [-0.4, -0.2) is 68.1 Å². The molecule has 0 aromatic heterocycles. The van der Waals surface area contributed by atoms with Crippen molar-refractivity contribution in [1.82, 2.24) is 15.1 Å². The largest absolute Gasteiger partial charge is 0.496 e. The van der Waals surface area contributed by atoms with Gasteiger partial charge in [0.25, 0.3) is 0 Å². The first-order chi connectivity index (χ1) is 11.8. The molecule has 1 N–H and O–H groups in total. The number of carbonyl (C=O) groups excluding carboxylic acids is 1. The van der Waals surface area contributed by atoms with Gasteiger partial charge in [0.2, 0.25) is 5.91 Å². The van der Waals surface area contributed by atoms with E-state index < -0.39 is 0 Å². The Bertz CT molecular complexity index is 543. The average molecular weight is 331 g/mol. The van der Waals surface area contributed by atoms with Gasteiger partial charge in [-0.15, -0.1) is 0 Å². The van der Waals surface area contributed by atoms with Crippen LogP contribution >= 0.6 is 0 Å². The Morgan fingerprint density at radius 1 is 1.25 bits per heavy atom. The summed E-state index contributed by atoms with van der Waals surface area (Å²) in [5.74, 6) is 1.28. The fourth-order valence-corrected chi connectivity index (χ4v) is 3.86. The molecule has 1 aromatic rings. The standard InChI is InChI=1S/C19H29N3O2/c1-24-18-7-3-2-5-16(18)15-17-6-4-11-21(17)12-8-19(23)22-13-9-20-10-14-22/h2-3,5,7,17,20H,4,6,8-15H2,1H3. The van der Waals surface area contributed by atoms with Gasteiger partial charge in [-0.05, 0) is 37.4 Å². The summed E-state index contributed by atoms with van der Waals surface area (Å²) in [5.41, 5.74) is 1.27. The number of likely N-dealkylation sites (tertiary alicyclic amines) is 1. The van der Waals surface area contributed by atoms with Gasteiger partial charge >= 0.3 is 0 Å². The zero-order valence-electron chi connectivity index (χ0n) is 14.7. The number of ether oxygens (including phenoxy) is 1. The lowest BCUT2D eigenvalue weighted by atomic mass is 10.0. The first-order valence-corrected chi connectivity index (χ1v) is 9.12. The third kappa shape index (κ3) is 4.28. The number of piperazine rings is 1. The Morgan fingerprint density at radius 3 is 2.83 bits per heavy atom. The fourth-order valence-electron chi connectivity index (χ4n) is 3.86. The molecule has 24 heavy (non-hydrogen) atoms. The van der Waals surface area contributed by atoms with Crippen molar-refractivity contribution in [1.29, 1.82) is 0 Å². The van der Waals surface area contributed by atoms with Crippen LogP contribution in [0.25, 0.3) is 0 Å². The zero-order valence-corrected chi connectivity index (χ0v) is 14.7. The second-order valence-corrected chi connectivity index (χ2v) is 6.73. The molecule has 2 heterocycles. The third-order valence-electron chi connectivity index (χ3n) is 5.23. The number of hydrogen-bond acceptors (Lipinski definition) is 4. The van der Waals surface area contributed by atoms with Gasteiger partial charge in [-0.3, -0.25) is 9.69 Å². The van der Waals surface area contributed by atoms with Crippen molar-refractivity contribution in [3.63, 3.8) is 0 Å². The summed E-state index contributed by atoms with van der Waals surface area (Å²) in [6.45, 7) is 5.53. The molecule has 0 bridgehead atoms. The highest BCUT2D eigenvalue weighted by Crippen LogP contribution is 2.26. The van der Waals surface area contributed by atoms with Crippen molar-refractivity contribution in [3.05, 3.63) is 29.8 Å². The summed E-state index contributed by atoms with van der Waals surface area (Å²) in [5, 5.41) is 3.30. The van der Waals surface area contributed by atoms with Crippen LogP contribution in [0.1, 0.15) is 24.8 Å². The number of methoxy groups -OCH3 is 1. The van der Waals surface area contributed by atoms with E-state index in [9.17, 15) is 4.79 Å². The summed E-state index contributed by atoms with van der Waals surface area (Å²) in [4.78, 5) is 16.9. The highest BCUT2D eigenvalue weighted by atomic mass is 16.5. The number of para-hydroxylation sites is 1. The van der Waals surface area contributed by atoms with Crippen LogP contribution in [0, 0.1) is 0 Å². The number of carbonyl (C=O) groups is 1. The molecule has 5 heteroatoms. The summed E-state index contributed by atoms with van der Waals surface area (Å²) >= 11 is 0. The van der Waals surface area contributed by atoms with Gasteiger partial charge in [0.15, 0.2) is 0 Å². The van der Waals surface area contributed by atoms with Gasteiger partial charge < -0.3 is 15.0 Å². The summed E-state index contributed by atoms with van der Waals surface area (Å²) in [7, 11) is 1.73. The van der Waals surface area contributed by atoms with Gasteiger partial charge in [-0.25, -0.2) is 0 Å². The van der Waals surface area contributed by atoms with Gasteiger partial charge in [-0.2, -0.15) is 0 Å². The zero-order chi connectivity index (χ0) is 16.8. The molecule has 1 unspecified atom stereocenters. The summed E-state index contributed by atoms with van der Waals surface area (Å²) in [6.07, 6.45) is 4.08. The SMILES string of the molecule is COc1ccccc1CC1CCCN1CCC(=O)N1CCNCC1. The van der Waals surface area contributed by atoms with Crippen molar-refractivity contribution in [2.45, 2.75) is 31.7 Å². The number of nitrogens with one attached hydrogen (secondary N) is 1. The van der Waals surface area contributed by atoms with Crippen LogP contribution in [0.5, 0.6) is 5.75 Å². The van der Waals surface area contributed by atoms with E-state index in [0.29, 0.717) is 18.4 Å². The van der Waals surface area contributed by atoms with Crippen LogP contribution < -0.4 is 10.1 Å². The van der Waals surface area contributed by atoms with E-state index in [1.54, 1.807) is 7.11 Å². The fraction of sp³-hybridized carbons (Fsp3) is 0.632. The maximum absolute atomic E-state index is 12.4. The molecule has 2 aliphatic heterocycles. The predicted molar refractivity (Wildman–Crippen MR) is 95.4 cm³/mol. The van der Waals surface area contributed by atoms with Crippen LogP contribution in [0.15, 0.2) is 24.3 Å². The lowest BCUT2D eigenvalue weighted by Crippen LogP contribution is -2.47. The minimum absolute atomic E-state index is 0.305. The maximum atomic E-state index is 12.4. The number of nitrogens with zero attached hydrogens (tertiary/aromatic N) is 2. The molecule has 1 aromatic carbocycles. The molecule has 132 valence electrons. The highest BCUT2D eigenvalue weighted by molar-refractivity contribution is 5.76. The minimum atomic E-state index is 0.305. The van der Waals surface area contributed by atoms with Crippen LogP contribution in [0.2, 0.25) is 0 Å². The number of benzene rings is 1. The monoisotopic (exact) mass is 331 g/mol. The lowest BCUT2D eigenvalue weighted by molar-refractivity contribution is -0.132. The Hall–Kier alpha value is -1.59. The Kier molecular flexibility index (Phi) is 6.10. The smallest absolute Gasteiger partial charge is 0.223 e. The number of rotatable bonds is 6. The molecule has 1 amide bonds. The molecule has 0 spiro atoms. The minimum Gasteiger partial charge on any atom is -0.496 e. The van der Waals surface area contributed by atoms with E-state index in [1.807, 2.05) is 17.0 Å². The van der Waals surface area contributed by atoms with Gasteiger partial charge in [0.05, 0.1) is 7.11 Å². The van der Waals surface area contributed by atoms with E-state index >= 15 is 0 Å². The molecular weight excluding hydrogens is 302 g/mol. The maximum Gasteiger partial charge on any atom is 0.223 e. The van der Waals surface area contributed by atoms with Crippen molar-refractivity contribution in [3.8, 4) is 5.75 Å². The van der Waals surface area contributed by atoms with E-state index in [-0.39, 0.29) is 0 Å². The Labute approximate surface area is 145 Å². The normalized spacial score (nSPS) is 21.9. The molecule has 0 saturated carbocycles. The predicted octanol–water partition coefficient (Wildman–Crippen LogP) is 1.52. The molecule has 5 nitrogen and oxygen atoms in total. The van der Waals surface area contributed by atoms with Crippen molar-refractivity contribution < 1.29 is 9.53 Å². The number of hydrogen-bond donors (Lipinski definition) is 1. The van der Waals surface area contributed by atoms with Crippen LogP contribution in [-0.2, 0) is 11.2 Å². The second kappa shape index (κ2) is 8.49. The average Bonchev–Trinajstić information content (AvgIpc) is 3.08. The van der Waals surface area contributed by atoms with E-state index in [1.165, 1.54) is 18.4 Å². The second-order valence-electron chi connectivity index (χ2n) is 6.73. The Morgan fingerprint density at radius 2 is 2.04 bits per heavy atom. The first-order valence-electron chi connectivity index (χ1n) is 9.12. The van der Waals surface area contributed by atoms with Crippen molar-refractivity contribution in [2.24, 2.45) is 0 Å². The number of amides is 1. The molecule has 0 aliphatic carbocycles. The van der Waals surface area contributed by atoms with Crippen LogP contribution in [0.3, 0.4) is 0 Å². The Balaban J connectivity index is 1.52. The van der Waals surface area contributed by atoms with Crippen LogP contribution in [0.4, 0.5) is 0 Å². The molecule has 2 fully saturated rings. The molecule has 2 saturated heterocycles. The highest BCUT2D eigenvalue weighted by Gasteiger charge is 2.26. The molecule has 1 atom stereocenters. The van der Waals surface area contributed by atoms with E-state index in [4.69, 9.17) is 4.74 Å². The molecule has 3 rings (SSSR count). The van der Waals surface area contributed by atoms with Crippen molar-refractivity contribution in [2.75, 3.05) is 46.4 Å². The first kappa shape index (κ1) is 17.2. The van der Waals surface area contributed by atoms with E-state index in [2.05, 4.69) is 22.3 Å². The van der Waals surface area contributed by atoms with Gasteiger partial charge in [-0.1, -0.05) is 18.2 Å². The summed E-state index contributed by atoms with van der Waals surface area (Å²) in [6, 6.07) is 8.80. The van der Waals surface area contributed by atoms with Crippen molar-refractivity contribution >= 4 is 5.91 Å².